The maximum atomic E-state index is 12.4. The van der Waals surface area contributed by atoms with Gasteiger partial charge in [0.15, 0.2) is 5.82 Å². The Balaban J connectivity index is 1.42. The maximum absolute atomic E-state index is 12.4. The van der Waals surface area contributed by atoms with E-state index in [1.165, 1.54) is 0 Å². The molecule has 0 aliphatic carbocycles. The molecule has 0 saturated carbocycles. The number of amides is 1. The van der Waals surface area contributed by atoms with E-state index < -0.39 is 0 Å². The second-order valence-corrected chi connectivity index (χ2v) is 6.79. The molecular weight excluding hydrogens is 384 g/mol. The molecule has 152 valence electrons. The van der Waals surface area contributed by atoms with Gasteiger partial charge in [0.2, 0.25) is 5.88 Å². The van der Waals surface area contributed by atoms with Crippen LogP contribution in [0.5, 0.6) is 11.6 Å². The molecule has 9 heteroatoms. The van der Waals surface area contributed by atoms with Crippen molar-refractivity contribution >= 4 is 11.6 Å². The highest BCUT2D eigenvalue weighted by Crippen LogP contribution is 2.23. The number of ether oxygens (including phenoxy) is 1. The highest BCUT2D eigenvalue weighted by Gasteiger charge is 2.17. The van der Waals surface area contributed by atoms with Gasteiger partial charge < -0.3 is 14.6 Å². The van der Waals surface area contributed by atoms with Gasteiger partial charge in [-0.15, -0.1) is 10.2 Å². The van der Waals surface area contributed by atoms with Crippen LogP contribution in [-0.2, 0) is 0 Å². The number of imidazole rings is 1. The number of nitrogens with one attached hydrogen (secondary N) is 1. The number of hydrogen-bond donors (Lipinski definition) is 1. The second kappa shape index (κ2) is 7.78. The van der Waals surface area contributed by atoms with Crippen LogP contribution in [0.3, 0.4) is 0 Å². The van der Waals surface area contributed by atoms with Gasteiger partial charge in [0.25, 0.3) is 5.91 Å². The molecule has 0 aliphatic heterocycles. The molecule has 4 rings (SSSR count). The van der Waals surface area contributed by atoms with Gasteiger partial charge in [-0.25, -0.2) is 4.98 Å². The SMILES string of the molecule is Cc1noc(C)c1C(=O)Nc1ccc(Oc2ccc(-n3cnc(C)c3C)nn2)cc1. The Morgan fingerprint density at radius 3 is 2.33 bits per heavy atom. The van der Waals surface area contributed by atoms with Crippen molar-refractivity contribution in [2.45, 2.75) is 27.7 Å². The number of rotatable bonds is 5. The molecule has 0 spiro atoms. The molecule has 1 aromatic carbocycles. The lowest BCUT2D eigenvalue weighted by atomic mass is 10.2. The third kappa shape index (κ3) is 3.77. The standard InChI is InChI=1S/C21H20N6O3/c1-12-14(3)27(11-22-12)18-9-10-19(25-24-18)29-17-7-5-16(6-8-17)23-21(28)20-13(2)26-30-15(20)4/h5-11H,1-4H3,(H,23,28). The molecule has 0 saturated heterocycles. The minimum Gasteiger partial charge on any atom is -0.438 e. The Labute approximate surface area is 172 Å². The Bertz CT molecular complexity index is 1170. The fraction of sp³-hybridized carbons (Fsp3) is 0.190. The minimum atomic E-state index is -0.272. The molecule has 0 radical (unpaired) electrons. The number of aromatic nitrogens is 5. The van der Waals surface area contributed by atoms with Crippen LogP contribution < -0.4 is 10.1 Å². The summed E-state index contributed by atoms with van der Waals surface area (Å²) >= 11 is 0. The lowest BCUT2D eigenvalue weighted by Gasteiger charge is -2.08. The lowest BCUT2D eigenvalue weighted by Crippen LogP contribution is -2.13. The molecule has 9 nitrogen and oxygen atoms in total. The summed E-state index contributed by atoms with van der Waals surface area (Å²) in [6.45, 7) is 7.34. The fourth-order valence-corrected chi connectivity index (χ4v) is 2.95. The van der Waals surface area contributed by atoms with Crippen molar-refractivity contribution in [1.82, 2.24) is 24.9 Å². The average molecular weight is 404 g/mol. The summed E-state index contributed by atoms with van der Waals surface area (Å²) < 4.78 is 12.6. The molecule has 0 unspecified atom stereocenters. The Morgan fingerprint density at radius 1 is 1.00 bits per heavy atom. The summed E-state index contributed by atoms with van der Waals surface area (Å²) in [5.74, 6) is 1.81. The minimum absolute atomic E-state index is 0.272. The first-order chi connectivity index (χ1) is 14.4. The summed E-state index contributed by atoms with van der Waals surface area (Å²) in [5, 5.41) is 14.9. The van der Waals surface area contributed by atoms with E-state index in [9.17, 15) is 4.79 Å². The number of anilines is 1. The summed E-state index contributed by atoms with van der Waals surface area (Å²) in [6, 6.07) is 10.5. The zero-order chi connectivity index (χ0) is 21.3. The van der Waals surface area contributed by atoms with Crippen LogP contribution in [0, 0.1) is 27.7 Å². The molecule has 3 aromatic heterocycles. The molecule has 0 bridgehead atoms. The highest BCUT2D eigenvalue weighted by molar-refractivity contribution is 6.05. The van der Waals surface area contributed by atoms with Crippen molar-refractivity contribution < 1.29 is 14.1 Å². The van der Waals surface area contributed by atoms with Gasteiger partial charge in [-0.3, -0.25) is 9.36 Å². The molecule has 0 fully saturated rings. The van der Waals surface area contributed by atoms with Gasteiger partial charge in [-0.1, -0.05) is 5.16 Å². The van der Waals surface area contributed by atoms with E-state index in [1.54, 1.807) is 50.5 Å². The largest absolute Gasteiger partial charge is 0.438 e. The highest BCUT2D eigenvalue weighted by atomic mass is 16.5. The number of carbonyl (C=O) groups excluding carboxylic acids is 1. The zero-order valence-electron chi connectivity index (χ0n) is 17.0. The predicted octanol–water partition coefficient (Wildman–Crippen LogP) is 3.93. The van der Waals surface area contributed by atoms with E-state index in [2.05, 4.69) is 25.7 Å². The van der Waals surface area contributed by atoms with Crippen LogP contribution in [0.1, 0.15) is 33.2 Å². The Kier molecular flexibility index (Phi) is 5.01. The molecule has 1 N–H and O–H groups in total. The number of benzene rings is 1. The van der Waals surface area contributed by atoms with Crippen molar-refractivity contribution in [2.75, 3.05) is 5.32 Å². The third-order valence-corrected chi connectivity index (χ3v) is 4.72. The van der Waals surface area contributed by atoms with Gasteiger partial charge in [-0.05, 0) is 58.0 Å². The van der Waals surface area contributed by atoms with Crippen molar-refractivity contribution in [3.05, 3.63) is 71.1 Å². The maximum Gasteiger partial charge on any atom is 0.261 e. The van der Waals surface area contributed by atoms with E-state index in [0.29, 0.717) is 40.2 Å². The lowest BCUT2D eigenvalue weighted by molar-refractivity contribution is 0.102. The molecule has 0 aliphatic rings. The zero-order valence-corrected chi connectivity index (χ0v) is 17.0. The van der Waals surface area contributed by atoms with Gasteiger partial charge in [0.1, 0.15) is 23.4 Å². The predicted molar refractivity (Wildman–Crippen MR) is 109 cm³/mol. The quantitative estimate of drug-likeness (QED) is 0.537. The van der Waals surface area contributed by atoms with Gasteiger partial charge in [0, 0.05) is 17.4 Å². The van der Waals surface area contributed by atoms with Crippen LogP contribution in [0.4, 0.5) is 5.69 Å². The van der Waals surface area contributed by atoms with Crippen LogP contribution in [0.2, 0.25) is 0 Å². The monoisotopic (exact) mass is 404 g/mol. The first-order valence-electron chi connectivity index (χ1n) is 9.29. The molecule has 1 amide bonds. The van der Waals surface area contributed by atoms with E-state index in [4.69, 9.17) is 9.26 Å². The Morgan fingerprint density at radius 2 is 1.77 bits per heavy atom. The van der Waals surface area contributed by atoms with Crippen molar-refractivity contribution in [1.29, 1.82) is 0 Å². The molecular formula is C21H20N6O3. The van der Waals surface area contributed by atoms with Crippen LogP contribution in [-0.4, -0.2) is 30.8 Å². The summed E-state index contributed by atoms with van der Waals surface area (Å²) in [4.78, 5) is 16.7. The van der Waals surface area contributed by atoms with Crippen LogP contribution in [0.15, 0.2) is 47.2 Å². The number of nitrogens with zero attached hydrogens (tertiary/aromatic N) is 5. The summed E-state index contributed by atoms with van der Waals surface area (Å²) in [6.07, 6.45) is 1.71. The van der Waals surface area contributed by atoms with E-state index in [-0.39, 0.29) is 5.91 Å². The smallest absolute Gasteiger partial charge is 0.261 e. The number of carbonyl (C=O) groups is 1. The average Bonchev–Trinajstić information content (AvgIpc) is 3.25. The molecule has 30 heavy (non-hydrogen) atoms. The van der Waals surface area contributed by atoms with Gasteiger partial charge in [-0.2, -0.15) is 0 Å². The summed E-state index contributed by atoms with van der Waals surface area (Å²) in [7, 11) is 0. The van der Waals surface area contributed by atoms with Crippen molar-refractivity contribution in [3.8, 4) is 17.4 Å². The first kappa shape index (κ1) is 19.3. The molecule has 0 atom stereocenters. The molecule has 3 heterocycles. The van der Waals surface area contributed by atoms with Gasteiger partial charge in [0.05, 0.1) is 11.4 Å². The van der Waals surface area contributed by atoms with Gasteiger partial charge >= 0.3 is 0 Å². The van der Waals surface area contributed by atoms with Crippen molar-refractivity contribution in [2.24, 2.45) is 0 Å². The Hall–Kier alpha value is -4.01. The van der Waals surface area contributed by atoms with Crippen LogP contribution >= 0.6 is 0 Å². The van der Waals surface area contributed by atoms with E-state index in [1.807, 2.05) is 24.5 Å². The first-order valence-corrected chi connectivity index (χ1v) is 9.29. The fourth-order valence-electron chi connectivity index (χ4n) is 2.95. The summed E-state index contributed by atoms with van der Waals surface area (Å²) in [5.41, 5.74) is 3.56. The number of aryl methyl sites for hydroxylation is 3. The second-order valence-electron chi connectivity index (χ2n) is 6.79. The van der Waals surface area contributed by atoms with E-state index >= 15 is 0 Å². The van der Waals surface area contributed by atoms with E-state index in [0.717, 1.165) is 11.4 Å². The van der Waals surface area contributed by atoms with Crippen molar-refractivity contribution in [3.63, 3.8) is 0 Å². The van der Waals surface area contributed by atoms with Crippen LogP contribution in [0.25, 0.3) is 5.82 Å². The third-order valence-electron chi connectivity index (χ3n) is 4.72. The normalized spacial score (nSPS) is 10.8. The molecule has 4 aromatic rings. The number of hydrogen-bond acceptors (Lipinski definition) is 7. The topological polar surface area (TPSA) is 108 Å².